The lowest BCUT2D eigenvalue weighted by atomic mass is 9.94. The minimum Gasteiger partial charge on any atom is -0.457 e. The Morgan fingerprint density at radius 2 is 1.69 bits per heavy atom. The maximum absolute atomic E-state index is 12.8. The lowest BCUT2D eigenvalue weighted by molar-refractivity contribution is -0.161. The second-order valence-corrected chi connectivity index (χ2v) is 10.3. The predicted molar refractivity (Wildman–Crippen MR) is 137 cm³/mol. The van der Waals surface area contributed by atoms with Crippen LogP contribution in [0.25, 0.3) is 0 Å². The zero-order chi connectivity index (χ0) is 24.7. The Balaban J connectivity index is 1.21. The quantitative estimate of drug-likeness (QED) is 0.655. The molecule has 0 radical (unpaired) electrons. The van der Waals surface area contributed by atoms with Crippen molar-refractivity contribution < 1.29 is 24.1 Å². The summed E-state index contributed by atoms with van der Waals surface area (Å²) in [5, 5.41) is 10.5. The number of carbonyl (C=O) groups excluding carboxylic acids is 1. The molecule has 3 saturated heterocycles. The highest BCUT2D eigenvalue weighted by molar-refractivity contribution is 5.76. The topological polar surface area (TPSA) is 71.5 Å². The Hall–Kier alpha value is -2.45. The van der Waals surface area contributed by atoms with Gasteiger partial charge in [-0.3, -0.25) is 9.69 Å². The van der Waals surface area contributed by atoms with E-state index >= 15 is 0 Å². The zero-order valence-electron chi connectivity index (χ0n) is 21.0. The number of aliphatic hydroxyl groups excluding tert-OH is 1. The molecule has 1 N–H and O–H groups in total. The zero-order valence-corrected chi connectivity index (χ0v) is 21.0. The van der Waals surface area contributed by atoms with Crippen LogP contribution in [0.1, 0.15) is 44.1 Å². The van der Waals surface area contributed by atoms with Crippen molar-refractivity contribution in [1.82, 2.24) is 9.80 Å². The van der Waals surface area contributed by atoms with Crippen LogP contribution in [0.2, 0.25) is 0 Å². The number of carbonyl (C=O) groups is 1. The van der Waals surface area contributed by atoms with Gasteiger partial charge in [0.1, 0.15) is 11.5 Å². The highest BCUT2D eigenvalue weighted by atomic mass is 16.5. The fourth-order valence-corrected chi connectivity index (χ4v) is 5.62. The van der Waals surface area contributed by atoms with Gasteiger partial charge in [0.15, 0.2) is 0 Å². The SMILES string of the molecule is O=C(C[C@@H]1CC[C@@H]2[C@H](COC[C@@H](O)CN2Cc2ccc(Oc3ccccc3)cc2)O1)N1CCCCC1. The molecule has 0 aliphatic carbocycles. The molecule has 0 unspecified atom stereocenters. The van der Waals surface area contributed by atoms with Gasteiger partial charge in [0.2, 0.25) is 5.91 Å². The number of hydrogen-bond donors (Lipinski definition) is 1. The van der Waals surface area contributed by atoms with Crippen molar-refractivity contribution in [3.05, 3.63) is 60.2 Å². The van der Waals surface area contributed by atoms with Gasteiger partial charge in [-0.25, -0.2) is 0 Å². The van der Waals surface area contributed by atoms with Crippen molar-refractivity contribution >= 4 is 5.91 Å². The van der Waals surface area contributed by atoms with E-state index in [1.165, 1.54) is 6.42 Å². The molecule has 3 fully saturated rings. The highest BCUT2D eigenvalue weighted by Crippen LogP contribution is 2.30. The standard InChI is InChI=1S/C29H38N2O5/c32-23-19-31(18-22-9-11-25(12-10-22)35-24-7-3-1-4-8-24)27-14-13-26(36-28(27)21-34-20-23)17-29(33)30-15-5-2-6-16-30/h1,3-4,7-12,23,26-28,32H,2,5-6,13-21H2/t23-,26-,27+,28-/m0/s1. The second-order valence-electron chi connectivity index (χ2n) is 10.3. The van der Waals surface area contributed by atoms with E-state index in [0.717, 1.165) is 55.8 Å². The highest BCUT2D eigenvalue weighted by Gasteiger charge is 2.38. The Morgan fingerprint density at radius 3 is 2.47 bits per heavy atom. The molecule has 3 heterocycles. The van der Waals surface area contributed by atoms with E-state index < -0.39 is 6.10 Å². The molecule has 0 spiro atoms. The molecule has 2 aromatic carbocycles. The maximum Gasteiger partial charge on any atom is 0.225 e. The molecule has 1 amide bonds. The average molecular weight is 495 g/mol. The van der Waals surface area contributed by atoms with Gasteiger partial charge in [0.05, 0.1) is 37.9 Å². The Kier molecular flexibility index (Phi) is 8.54. The minimum atomic E-state index is -0.537. The summed E-state index contributed by atoms with van der Waals surface area (Å²) in [6.45, 7) is 3.73. The molecule has 0 aromatic heterocycles. The summed E-state index contributed by atoms with van der Waals surface area (Å²) >= 11 is 0. The van der Waals surface area contributed by atoms with Crippen LogP contribution in [0, 0.1) is 0 Å². The third kappa shape index (κ3) is 6.65. The van der Waals surface area contributed by atoms with Crippen LogP contribution in [0.15, 0.2) is 54.6 Å². The number of likely N-dealkylation sites (tertiary alicyclic amines) is 1. The van der Waals surface area contributed by atoms with Gasteiger partial charge in [0, 0.05) is 32.2 Å². The van der Waals surface area contributed by atoms with Crippen LogP contribution in [0.4, 0.5) is 0 Å². The first-order valence-electron chi connectivity index (χ1n) is 13.4. The summed E-state index contributed by atoms with van der Waals surface area (Å²) in [6, 6.07) is 18.0. The Bertz CT molecular complexity index is 963. The van der Waals surface area contributed by atoms with Crippen molar-refractivity contribution in [1.29, 1.82) is 0 Å². The largest absolute Gasteiger partial charge is 0.457 e. The van der Waals surface area contributed by atoms with Crippen LogP contribution in [-0.2, 0) is 20.8 Å². The van der Waals surface area contributed by atoms with E-state index in [4.69, 9.17) is 14.2 Å². The number of benzene rings is 2. The average Bonchev–Trinajstić information content (AvgIpc) is 2.90. The molecule has 0 bridgehead atoms. The number of ether oxygens (including phenoxy) is 3. The number of aliphatic hydroxyl groups is 1. The van der Waals surface area contributed by atoms with Crippen molar-refractivity contribution in [3.63, 3.8) is 0 Å². The number of para-hydroxylation sites is 1. The smallest absolute Gasteiger partial charge is 0.225 e. The van der Waals surface area contributed by atoms with Crippen molar-refractivity contribution in [2.24, 2.45) is 0 Å². The molecule has 3 aliphatic heterocycles. The van der Waals surface area contributed by atoms with E-state index in [9.17, 15) is 9.90 Å². The summed E-state index contributed by atoms with van der Waals surface area (Å²) in [7, 11) is 0. The molecular weight excluding hydrogens is 456 g/mol. The van der Waals surface area contributed by atoms with Crippen LogP contribution < -0.4 is 4.74 Å². The first-order valence-corrected chi connectivity index (χ1v) is 13.4. The number of piperidine rings is 1. The molecule has 194 valence electrons. The number of nitrogens with zero attached hydrogens (tertiary/aromatic N) is 2. The van der Waals surface area contributed by atoms with Gasteiger partial charge in [0.25, 0.3) is 0 Å². The Labute approximate surface area is 213 Å². The van der Waals surface area contributed by atoms with Gasteiger partial charge in [-0.15, -0.1) is 0 Å². The third-order valence-corrected chi connectivity index (χ3v) is 7.49. The fraction of sp³-hybridized carbons (Fsp3) is 0.552. The van der Waals surface area contributed by atoms with E-state index in [-0.39, 0.29) is 24.2 Å². The molecule has 4 atom stereocenters. The van der Waals surface area contributed by atoms with Gasteiger partial charge >= 0.3 is 0 Å². The van der Waals surface area contributed by atoms with Crippen molar-refractivity contribution in [2.45, 2.75) is 69.4 Å². The van der Waals surface area contributed by atoms with Crippen LogP contribution >= 0.6 is 0 Å². The summed E-state index contributed by atoms with van der Waals surface area (Å²) in [6.07, 6.45) is 4.94. The van der Waals surface area contributed by atoms with E-state index in [1.54, 1.807) is 0 Å². The van der Waals surface area contributed by atoms with Crippen LogP contribution in [-0.4, -0.2) is 78.0 Å². The first kappa shape index (κ1) is 25.2. The van der Waals surface area contributed by atoms with Gasteiger partial charge in [-0.1, -0.05) is 30.3 Å². The summed E-state index contributed by atoms with van der Waals surface area (Å²) in [5.74, 6) is 1.83. The lowest BCUT2D eigenvalue weighted by Gasteiger charge is -2.44. The van der Waals surface area contributed by atoms with Crippen LogP contribution in [0.5, 0.6) is 11.5 Å². The summed E-state index contributed by atoms with van der Waals surface area (Å²) in [5.41, 5.74) is 1.16. The van der Waals surface area contributed by atoms with Crippen molar-refractivity contribution in [2.75, 3.05) is 32.8 Å². The normalized spacial score (nSPS) is 27.5. The molecule has 2 aromatic rings. The Morgan fingerprint density at radius 1 is 0.944 bits per heavy atom. The predicted octanol–water partition coefficient (Wildman–Crippen LogP) is 3.99. The number of β-amino-alcohol motifs (C(OH)–C–C–N with tert-alkyl or cyclic N) is 1. The van der Waals surface area contributed by atoms with E-state index in [1.807, 2.05) is 47.4 Å². The summed E-state index contributed by atoms with van der Waals surface area (Å²) < 4.78 is 18.2. The number of fused-ring (bicyclic) bond motifs is 1. The minimum absolute atomic E-state index is 0.0649. The van der Waals surface area contributed by atoms with Gasteiger partial charge in [-0.05, 0) is 61.9 Å². The van der Waals surface area contributed by atoms with Crippen molar-refractivity contribution in [3.8, 4) is 11.5 Å². The maximum atomic E-state index is 12.8. The molecule has 7 heteroatoms. The molecular formula is C29H38N2O5. The molecule has 7 nitrogen and oxygen atoms in total. The number of rotatable bonds is 6. The molecule has 0 saturated carbocycles. The lowest BCUT2D eigenvalue weighted by Crippen LogP contribution is -2.55. The van der Waals surface area contributed by atoms with Gasteiger partial charge < -0.3 is 24.2 Å². The molecule has 3 aliphatic rings. The van der Waals surface area contributed by atoms with E-state index in [2.05, 4.69) is 17.0 Å². The summed E-state index contributed by atoms with van der Waals surface area (Å²) in [4.78, 5) is 17.1. The fourth-order valence-electron chi connectivity index (χ4n) is 5.62. The van der Waals surface area contributed by atoms with Gasteiger partial charge in [-0.2, -0.15) is 0 Å². The number of amides is 1. The molecule has 5 rings (SSSR count). The molecule has 36 heavy (non-hydrogen) atoms. The number of hydrogen-bond acceptors (Lipinski definition) is 6. The second kappa shape index (κ2) is 12.2. The third-order valence-electron chi connectivity index (χ3n) is 7.49. The monoisotopic (exact) mass is 494 g/mol. The van der Waals surface area contributed by atoms with E-state index in [0.29, 0.717) is 32.7 Å². The van der Waals surface area contributed by atoms with Crippen LogP contribution in [0.3, 0.4) is 0 Å². The first-order chi connectivity index (χ1) is 17.6.